The summed E-state index contributed by atoms with van der Waals surface area (Å²) in [5, 5.41) is 0. The van der Waals surface area contributed by atoms with E-state index in [1.54, 1.807) is 0 Å². The summed E-state index contributed by atoms with van der Waals surface area (Å²) in [5.74, 6) is 0.521. The van der Waals surface area contributed by atoms with Crippen molar-refractivity contribution in [2.75, 3.05) is 25.6 Å². The van der Waals surface area contributed by atoms with Gasteiger partial charge in [-0.05, 0) is 45.4 Å². The van der Waals surface area contributed by atoms with Crippen molar-refractivity contribution in [3.63, 3.8) is 0 Å². The van der Waals surface area contributed by atoms with Gasteiger partial charge in [-0.3, -0.25) is 0 Å². The fraction of sp³-hybridized carbons (Fsp3) is 1.00. The van der Waals surface area contributed by atoms with Crippen LogP contribution in [0.4, 0.5) is 0 Å². The second-order valence-corrected chi connectivity index (χ2v) is 11.9. The van der Waals surface area contributed by atoms with Crippen molar-refractivity contribution in [3.05, 3.63) is 0 Å². The molecule has 2 heteroatoms. The van der Waals surface area contributed by atoms with Gasteiger partial charge in [0.15, 0.2) is 5.85 Å². The van der Waals surface area contributed by atoms with E-state index in [1.165, 1.54) is 95.5 Å². The first-order chi connectivity index (χ1) is 11.2. The lowest BCUT2D eigenvalue weighted by Crippen LogP contribution is -2.21. The van der Waals surface area contributed by atoms with Crippen molar-refractivity contribution in [2.24, 2.45) is 0 Å². The smallest absolute Gasteiger partial charge is 0.163 e. The fourth-order valence-electron chi connectivity index (χ4n) is 3.66. The van der Waals surface area contributed by atoms with Crippen LogP contribution in [0.5, 0.6) is 0 Å². The standard InChI is InChI=1S/C21H46OP/c1-6-9-12-15-18-23(21(4)22-5,19-16-13-10-7-2)20-17-14-11-8-3/h21H,6-20H2,1-5H3/q+1. The van der Waals surface area contributed by atoms with E-state index in [9.17, 15) is 0 Å². The molecule has 0 saturated heterocycles. The third kappa shape index (κ3) is 10.8. The van der Waals surface area contributed by atoms with Crippen molar-refractivity contribution in [3.8, 4) is 0 Å². The highest BCUT2D eigenvalue weighted by Crippen LogP contribution is 2.65. The molecule has 0 saturated carbocycles. The average molecular weight is 346 g/mol. The predicted octanol–water partition coefficient (Wildman–Crippen LogP) is 7.74. The van der Waals surface area contributed by atoms with Gasteiger partial charge in [0.05, 0.1) is 18.5 Å². The lowest BCUT2D eigenvalue weighted by atomic mass is 10.2. The van der Waals surface area contributed by atoms with Crippen LogP contribution in [0.1, 0.15) is 105 Å². The Hall–Kier alpha value is 0.390. The van der Waals surface area contributed by atoms with Crippen LogP contribution in [0, 0.1) is 0 Å². The minimum atomic E-state index is -0.930. The summed E-state index contributed by atoms with van der Waals surface area (Å²) in [6.07, 6.45) is 21.3. The summed E-state index contributed by atoms with van der Waals surface area (Å²) >= 11 is 0. The third-order valence-electron chi connectivity index (χ3n) is 5.48. The third-order valence-corrected chi connectivity index (χ3v) is 10.9. The Labute approximate surface area is 148 Å². The van der Waals surface area contributed by atoms with E-state index in [-0.39, 0.29) is 0 Å². The maximum Gasteiger partial charge on any atom is 0.163 e. The molecular weight excluding hydrogens is 299 g/mol. The van der Waals surface area contributed by atoms with Gasteiger partial charge in [0.2, 0.25) is 0 Å². The monoisotopic (exact) mass is 345 g/mol. The van der Waals surface area contributed by atoms with E-state index in [0.717, 1.165) is 0 Å². The summed E-state index contributed by atoms with van der Waals surface area (Å²) in [6.45, 7) is 9.33. The predicted molar refractivity (Wildman–Crippen MR) is 110 cm³/mol. The van der Waals surface area contributed by atoms with E-state index in [4.69, 9.17) is 4.74 Å². The summed E-state index contributed by atoms with van der Waals surface area (Å²) in [4.78, 5) is 0. The summed E-state index contributed by atoms with van der Waals surface area (Å²) in [6, 6.07) is 0. The van der Waals surface area contributed by atoms with Crippen LogP contribution in [-0.2, 0) is 4.74 Å². The lowest BCUT2D eigenvalue weighted by Gasteiger charge is -2.32. The molecule has 1 unspecified atom stereocenters. The molecular formula is C21H46OP+. The van der Waals surface area contributed by atoms with Crippen LogP contribution in [0.25, 0.3) is 0 Å². The first-order valence-electron chi connectivity index (χ1n) is 10.5. The van der Waals surface area contributed by atoms with Gasteiger partial charge in [-0.2, -0.15) is 0 Å². The van der Waals surface area contributed by atoms with Crippen LogP contribution in [0.3, 0.4) is 0 Å². The Morgan fingerprint density at radius 2 is 0.957 bits per heavy atom. The topological polar surface area (TPSA) is 9.23 Å². The molecule has 0 N–H and O–H groups in total. The highest BCUT2D eigenvalue weighted by atomic mass is 31.2. The number of methoxy groups -OCH3 is 1. The van der Waals surface area contributed by atoms with E-state index < -0.39 is 7.26 Å². The van der Waals surface area contributed by atoms with Crippen LogP contribution in [-0.4, -0.2) is 31.4 Å². The van der Waals surface area contributed by atoms with E-state index in [0.29, 0.717) is 5.85 Å². The molecule has 23 heavy (non-hydrogen) atoms. The second-order valence-electron chi connectivity index (χ2n) is 7.41. The molecule has 0 fully saturated rings. The molecule has 140 valence electrons. The quantitative estimate of drug-likeness (QED) is 0.193. The average Bonchev–Trinajstić information content (AvgIpc) is 2.58. The molecule has 0 aromatic heterocycles. The second kappa shape index (κ2) is 15.9. The molecule has 0 aliphatic heterocycles. The van der Waals surface area contributed by atoms with Crippen molar-refractivity contribution >= 4 is 7.26 Å². The summed E-state index contributed by atoms with van der Waals surface area (Å²) in [5.41, 5.74) is 0. The molecule has 0 radical (unpaired) electrons. The van der Waals surface area contributed by atoms with E-state index >= 15 is 0 Å². The number of rotatable bonds is 17. The molecule has 0 spiro atoms. The molecule has 0 aromatic rings. The molecule has 0 bridgehead atoms. The molecule has 0 aromatic carbocycles. The van der Waals surface area contributed by atoms with Crippen molar-refractivity contribution in [1.29, 1.82) is 0 Å². The first kappa shape index (κ1) is 23.4. The summed E-state index contributed by atoms with van der Waals surface area (Å²) in [7, 11) is 1.02. The Morgan fingerprint density at radius 1 is 0.609 bits per heavy atom. The molecule has 0 rings (SSSR count). The zero-order valence-electron chi connectivity index (χ0n) is 17.0. The van der Waals surface area contributed by atoms with Gasteiger partial charge in [-0.25, -0.2) is 0 Å². The van der Waals surface area contributed by atoms with Crippen LogP contribution in [0.15, 0.2) is 0 Å². The van der Waals surface area contributed by atoms with Crippen LogP contribution < -0.4 is 0 Å². The number of unbranched alkanes of at least 4 members (excludes halogenated alkanes) is 9. The minimum Gasteiger partial charge on any atom is -0.347 e. The first-order valence-corrected chi connectivity index (χ1v) is 13.0. The molecule has 0 aliphatic carbocycles. The zero-order valence-corrected chi connectivity index (χ0v) is 17.9. The van der Waals surface area contributed by atoms with Crippen molar-refractivity contribution < 1.29 is 4.74 Å². The van der Waals surface area contributed by atoms with E-state index in [2.05, 4.69) is 27.7 Å². The maximum absolute atomic E-state index is 5.94. The molecule has 0 aliphatic rings. The number of hydrogen-bond donors (Lipinski definition) is 0. The molecule has 1 nitrogen and oxygen atoms in total. The van der Waals surface area contributed by atoms with Gasteiger partial charge < -0.3 is 4.74 Å². The Morgan fingerprint density at radius 3 is 1.22 bits per heavy atom. The van der Waals surface area contributed by atoms with Gasteiger partial charge in [-0.15, -0.1) is 0 Å². The highest BCUT2D eigenvalue weighted by molar-refractivity contribution is 7.76. The zero-order chi connectivity index (χ0) is 17.4. The highest BCUT2D eigenvalue weighted by Gasteiger charge is 2.41. The summed E-state index contributed by atoms with van der Waals surface area (Å²) < 4.78 is 5.94. The maximum atomic E-state index is 5.94. The van der Waals surface area contributed by atoms with Gasteiger partial charge in [0, 0.05) is 14.4 Å². The largest absolute Gasteiger partial charge is 0.347 e. The Balaban J connectivity index is 4.66. The van der Waals surface area contributed by atoms with Crippen LogP contribution >= 0.6 is 7.26 Å². The molecule has 0 amide bonds. The normalized spacial score (nSPS) is 13.4. The van der Waals surface area contributed by atoms with Gasteiger partial charge >= 0.3 is 0 Å². The molecule has 1 atom stereocenters. The SMILES string of the molecule is CCCCCC[P+](CCCCCC)(CCCCCC)C(C)OC. The van der Waals surface area contributed by atoms with Crippen molar-refractivity contribution in [2.45, 2.75) is 111 Å². The number of hydrogen-bond acceptors (Lipinski definition) is 1. The van der Waals surface area contributed by atoms with Crippen LogP contribution in [0.2, 0.25) is 0 Å². The Bertz CT molecular complexity index is 211. The minimum absolute atomic E-state index is 0.521. The number of ether oxygens (including phenoxy) is 1. The van der Waals surface area contributed by atoms with Gasteiger partial charge in [0.25, 0.3) is 0 Å². The fourth-order valence-corrected chi connectivity index (χ4v) is 8.43. The molecule has 0 heterocycles. The van der Waals surface area contributed by atoms with E-state index in [1.807, 2.05) is 7.11 Å². The van der Waals surface area contributed by atoms with Gasteiger partial charge in [0.1, 0.15) is 0 Å². The van der Waals surface area contributed by atoms with Gasteiger partial charge in [-0.1, -0.05) is 59.3 Å². The Kier molecular flexibility index (Phi) is 16.2. The van der Waals surface area contributed by atoms with Crippen molar-refractivity contribution in [1.82, 2.24) is 0 Å². The lowest BCUT2D eigenvalue weighted by molar-refractivity contribution is 0.179.